The summed E-state index contributed by atoms with van der Waals surface area (Å²) in [5, 5.41) is 2.89. The zero-order chi connectivity index (χ0) is 17.7. The zero-order valence-corrected chi connectivity index (χ0v) is 14.3. The van der Waals surface area contributed by atoms with E-state index in [2.05, 4.69) is 5.32 Å². The maximum Gasteiger partial charge on any atom is 0.243 e. The molecule has 2 aromatic carbocycles. The highest BCUT2D eigenvalue weighted by Gasteiger charge is 2.14. The molecule has 0 saturated carbocycles. The number of carbonyl (C=O) groups is 2. The van der Waals surface area contributed by atoms with Gasteiger partial charge in [-0.15, -0.1) is 0 Å². The molecule has 0 aliphatic heterocycles. The number of nitrogens with zero attached hydrogens (tertiary/aromatic N) is 1. The molecule has 0 unspecified atom stereocenters. The molecule has 0 radical (unpaired) electrons. The van der Waals surface area contributed by atoms with Crippen molar-refractivity contribution in [3.8, 4) is 0 Å². The Morgan fingerprint density at radius 2 is 1.62 bits per heavy atom. The van der Waals surface area contributed by atoms with Gasteiger partial charge in [-0.3, -0.25) is 9.59 Å². The van der Waals surface area contributed by atoms with Gasteiger partial charge in [0.05, 0.1) is 13.0 Å². The molecule has 0 fully saturated rings. The quantitative estimate of drug-likeness (QED) is 0.830. The first-order valence-electron chi connectivity index (χ1n) is 7.81. The van der Waals surface area contributed by atoms with E-state index in [1.165, 1.54) is 4.90 Å². The molecular weight excluding hydrogens is 302 g/mol. The van der Waals surface area contributed by atoms with E-state index in [1.807, 2.05) is 44.2 Å². The van der Waals surface area contributed by atoms with Crippen molar-refractivity contribution in [2.24, 2.45) is 0 Å². The molecule has 5 heteroatoms. The molecule has 0 aromatic heterocycles. The number of rotatable bonds is 5. The van der Waals surface area contributed by atoms with E-state index in [9.17, 15) is 9.59 Å². The Hall–Kier alpha value is -2.82. The number of hydrogen-bond donors (Lipinski definition) is 2. The first-order valence-corrected chi connectivity index (χ1v) is 7.81. The van der Waals surface area contributed by atoms with Crippen LogP contribution in [0.15, 0.2) is 42.5 Å². The highest BCUT2D eigenvalue weighted by atomic mass is 16.2. The Labute approximate surface area is 142 Å². The molecule has 0 aliphatic rings. The second-order valence-corrected chi connectivity index (χ2v) is 5.98. The van der Waals surface area contributed by atoms with Gasteiger partial charge in [0.2, 0.25) is 11.8 Å². The van der Waals surface area contributed by atoms with E-state index in [1.54, 1.807) is 19.2 Å². The first-order chi connectivity index (χ1) is 11.4. The maximum absolute atomic E-state index is 12.2. The molecule has 0 bridgehead atoms. The Kier molecular flexibility index (Phi) is 5.58. The number of anilines is 2. The number of nitrogen functional groups attached to an aromatic ring is 1. The molecule has 0 atom stereocenters. The van der Waals surface area contributed by atoms with Gasteiger partial charge < -0.3 is 16.0 Å². The summed E-state index contributed by atoms with van der Waals surface area (Å²) in [7, 11) is 1.63. The largest absolute Gasteiger partial charge is 0.399 e. The third-order valence-electron chi connectivity index (χ3n) is 3.89. The number of nitrogens with two attached hydrogens (primary N) is 1. The Balaban J connectivity index is 1.93. The fourth-order valence-corrected chi connectivity index (χ4v) is 2.44. The van der Waals surface area contributed by atoms with E-state index >= 15 is 0 Å². The second-order valence-electron chi connectivity index (χ2n) is 5.98. The average molecular weight is 325 g/mol. The number of amides is 2. The number of likely N-dealkylation sites (N-methyl/N-ethyl adjacent to an activating group) is 1. The summed E-state index contributed by atoms with van der Waals surface area (Å²) in [5.41, 5.74) is 9.97. The van der Waals surface area contributed by atoms with Gasteiger partial charge in [-0.25, -0.2) is 0 Å². The van der Waals surface area contributed by atoms with E-state index < -0.39 is 0 Å². The van der Waals surface area contributed by atoms with Gasteiger partial charge in [0.1, 0.15) is 0 Å². The molecule has 2 aromatic rings. The van der Waals surface area contributed by atoms with E-state index in [0.717, 1.165) is 22.4 Å². The fourth-order valence-electron chi connectivity index (χ4n) is 2.44. The summed E-state index contributed by atoms with van der Waals surface area (Å²) < 4.78 is 0. The van der Waals surface area contributed by atoms with Gasteiger partial charge in [0.15, 0.2) is 0 Å². The molecule has 0 saturated heterocycles. The predicted octanol–water partition coefficient (Wildman–Crippen LogP) is 2.53. The van der Waals surface area contributed by atoms with Gasteiger partial charge in [0, 0.05) is 18.4 Å². The van der Waals surface area contributed by atoms with Crippen LogP contribution in [0.3, 0.4) is 0 Å². The van der Waals surface area contributed by atoms with Gasteiger partial charge in [-0.2, -0.15) is 0 Å². The molecule has 3 N–H and O–H groups in total. The minimum atomic E-state index is -0.208. The molecule has 2 amide bonds. The Bertz CT molecular complexity index is 719. The highest BCUT2D eigenvalue weighted by molar-refractivity contribution is 5.95. The smallest absolute Gasteiger partial charge is 0.243 e. The van der Waals surface area contributed by atoms with Gasteiger partial charge in [-0.05, 0) is 42.7 Å². The third-order valence-corrected chi connectivity index (χ3v) is 3.89. The van der Waals surface area contributed by atoms with Crippen LogP contribution in [0.1, 0.15) is 16.7 Å². The first kappa shape index (κ1) is 17.5. The van der Waals surface area contributed by atoms with Crippen molar-refractivity contribution in [2.75, 3.05) is 24.6 Å². The summed E-state index contributed by atoms with van der Waals surface area (Å²) in [6, 6.07) is 13.0. The van der Waals surface area contributed by atoms with Crippen molar-refractivity contribution in [1.29, 1.82) is 0 Å². The van der Waals surface area contributed by atoms with Crippen LogP contribution in [0, 0.1) is 13.8 Å². The average Bonchev–Trinajstić information content (AvgIpc) is 2.53. The lowest BCUT2D eigenvalue weighted by atomic mass is 10.1. The van der Waals surface area contributed by atoms with Crippen LogP contribution in [0.5, 0.6) is 0 Å². The normalized spacial score (nSPS) is 10.3. The molecule has 24 heavy (non-hydrogen) atoms. The van der Waals surface area contributed by atoms with E-state index in [0.29, 0.717) is 5.69 Å². The van der Waals surface area contributed by atoms with Crippen LogP contribution >= 0.6 is 0 Å². The molecule has 5 nitrogen and oxygen atoms in total. The molecule has 2 rings (SSSR count). The van der Waals surface area contributed by atoms with E-state index in [4.69, 9.17) is 5.73 Å². The summed E-state index contributed by atoms with van der Waals surface area (Å²) in [6.45, 7) is 3.90. The number of hydrogen-bond acceptors (Lipinski definition) is 3. The summed E-state index contributed by atoms with van der Waals surface area (Å²) in [5.74, 6) is -0.322. The number of nitrogens with one attached hydrogen (secondary N) is 1. The molecule has 0 aliphatic carbocycles. The van der Waals surface area contributed by atoms with Crippen LogP contribution < -0.4 is 11.1 Å². The molecular formula is C19H23N3O2. The standard InChI is InChI=1S/C19H23N3O2/c1-13-5-4-6-14(2)19(13)21-17(23)12-22(3)18(24)11-15-7-9-16(20)10-8-15/h4-10H,11-12,20H2,1-3H3,(H,21,23). The zero-order valence-electron chi connectivity index (χ0n) is 14.3. The lowest BCUT2D eigenvalue weighted by Crippen LogP contribution is -2.36. The van der Waals surface area contributed by atoms with Gasteiger partial charge in [-0.1, -0.05) is 30.3 Å². The number of benzene rings is 2. The summed E-state index contributed by atoms with van der Waals surface area (Å²) in [4.78, 5) is 25.9. The second kappa shape index (κ2) is 7.64. The van der Waals surface area contributed by atoms with Crippen LogP contribution in [0.4, 0.5) is 11.4 Å². The van der Waals surface area contributed by atoms with Crippen molar-refractivity contribution < 1.29 is 9.59 Å². The molecule has 0 heterocycles. The lowest BCUT2D eigenvalue weighted by Gasteiger charge is -2.18. The predicted molar refractivity (Wildman–Crippen MR) is 96.7 cm³/mol. The minimum absolute atomic E-state index is 0.0155. The van der Waals surface area contributed by atoms with Crippen LogP contribution in [-0.4, -0.2) is 30.3 Å². The maximum atomic E-state index is 12.2. The highest BCUT2D eigenvalue weighted by Crippen LogP contribution is 2.19. The number of para-hydroxylation sites is 1. The van der Waals surface area contributed by atoms with Gasteiger partial charge in [0.25, 0.3) is 0 Å². The van der Waals surface area contributed by atoms with Crippen LogP contribution in [-0.2, 0) is 16.0 Å². The van der Waals surface area contributed by atoms with Crippen LogP contribution in [0.25, 0.3) is 0 Å². The van der Waals surface area contributed by atoms with Crippen molar-refractivity contribution in [2.45, 2.75) is 20.3 Å². The Morgan fingerprint density at radius 1 is 1.04 bits per heavy atom. The fraction of sp³-hybridized carbons (Fsp3) is 0.263. The minimum Gasteiger partial charge on any atom is -0.399 e. The topological polar surface area (TPSA) is 75.4 Å². The molecule has 0 spiro atoms. The lowest BCUT2D eigenvalue weighted by molar-refractivity contribution is -0.132. The third kappa shape index (κ3) is 4.59. The van der Waals surface area contributed by atoms with Gasteiger partial charge >= 0.3 is 0 Å². The molecule has 126 valence electrons. The van der Waals surface area contributed by atoms with Crippen LogP contribution in [0.2, 0.25) is 0 Å². The van der Waals surface area contributed by atoms with Crippen molar-refractivity contribution in [3.63, 3.8) is 0 Å². The van der Waals surface area contributed by atoms with Crippen molar-refractivity contribution in [3.05, 3.63) is 59.2 Å². The SMILES string of the molecule is Cc1cccc(C)c1NC(=O)CN(C)C(=O)Cc1ccc(N)cc1. The van der Waals surface area contributed by atoms with Crippen molar-refractivity contribution >= 4 is 23.2 Å². The summed E-state index contributed by atoms with van der Waals surface area (Å²) in [6.07, 6.45) is 0.244. The monoisotopic (exact) mass is 325 g/mol. The summed E-state index contributed by atoms with van der Waals surface area (Å²) >= 11 is 0. The van der Waals surface area contributed by atoms with Crippen molar-refractivity contribution in [1.82, 2.24) is 4.90 Å². The number of carbonyl (C=O) groups excluding carboxylic acids is 2. The Morgan fingerprint density at radius 3 is 2.21 bits per heavy atom. The number of aryl methyl sites for hydroxylation is 2. The van der Waals surface area contributed by atoms with E-state index in [-0.39, 0.29) is 24.8 Å².